The second kappa shape index (κ2) is 7.84. The number of nitrogens with one attached hydrogen (secondary N) is 2. The standard InChI is InChI=1S/C18H34N2O3/c1-17(2,3)23-16(21)20-15-7-5-6-14(12-15)19-13-18(4)8-10-22-11-9-18/h14-15,19H,5-13H2,1-4H3,(H,20,21)/t14-,15-/m1/s1. The Morgan fingerprint density at radius 3 is 2.52 bits per heavy atom. The summed E-state index contributed by atoms with van der Waals surface area (Å²) in [5.74, 6) is 0. The van der Waals surface area contributed by atoms with Crippen molar-refractivity contribution in [3.8, 4) is 0 Å². The molecule has 1 saturated heterocycles. The molecule has 2 fully saturated rings. The van der Waals surface area contributed by atoms with Crippen molar-refractivity contribution in [2.75, 3.05) is 19.8 Å². The van der Waals surface area contributed by atoms with Crippen LogP contribution in [0.5, 0.6) is 0 Å². The molecule has 0 aromatic rings. The highest BCUT2D eigenvalue weighted by atomic mass is 16.6. The van der Waals surface area contributed by atoms with E-state index in [-0.39, 0.29) is 12.1 Å². The Morgan fingerprint density at radius 2 is 1.87 bits per heavy atom. The highest BCUT2D eigenvalue weighted by molar-refractivity contribution is 5.68. The first-order valence-electron chi connectivity index (χ1n) is 9.06. The minimum absolute atomic E-state index is 0.221. The predicted molar refractivity (Wildman–Crippen MR) is 91.6 cm³/mol. The van der Waals surface area contributed by atoms with Gasteiger partial charge in [-0.3, -0.25) is 0 Å². The number of ether oxygens (including phenoxy) is 2. The molecule has 5 heteroatoms. The zero-order valence-electron chi connectivity index (χ0n) is 15.2. The molecule has 1 heterocycles. The van der Waals surface area contributed by atoms with Gasteiger partial charge in [0.15, 0.2) is 0 Å². The van der Waals surface area contributed by atoms with E-state index in [9.17, 15) is 4.79 Å². The predicted octanol–water partition coefficient (Wildman–Crippen LogP) is 3.23. The summed E-state index contributed by atoms with van der Waals surface area (Å²) in [6.45, 7) is 10.8. The van der Waals surface area contributed by atoms with Gasteiger partial charge in [0.1, 0.15) is 5.60 Å². The zero-order chi connectivity index (χ0) is 16.9. The molecule has 1 aliphatic carbocycles. The molecule has 0 radical (unpaired) electrons. The van der Waals surface area contributed by atoms with Crippen molar-refractivity contribution >= 4 is 6.09 Å². The quantitative estimate of drug-likeness (QED) is 0.833. The van der Waals surface area contributed by atoms with Gasteiger partial charge in [-0.05, 0) is 64.7 Å². The molecule has 134 valence electrons. The summed E-state index contributed by atoms with van der Waals surface area (Å²) in [5, 5.41) is 6.77. The maximum atomic E-state index is 11.9. The number of hydrogen-bond donors (Lipinski definition) is 2. The van der Waals surface area contributed by atoms with Crippen molar-refractivity contribution in [3.63, 3.8) is 0 Å². The summed E-state index contributed by atoms with van der Waals surface area (Å²) in [4.78, 5) is 11.9. The van der Waals surface area contributed by atoms with E-state index in [0.29, 0.717) is 11.5 Å². The second-order valence-corrected chi connectivity index (χ2v) is 8.51. The van der Waals surface area contributed by atoms with Crippen molar-refractivity contribution in [1.82, 2.24) is 10.6 Å². The summed E-state index contributed by atoms with van der Waals surface area (Å²) in [5.41, 5.74) is -0.0855. The van der Waals surface area contributed by atoms with Gasteiger partial charge < -0.3 is 20.1 Å². The van der Waals surface area contributed by atoms with E-state index >= 15 is 0 Å². The van der Waals surface area contributed by atoms with Gasteiger partial charge in [0.25, 0.3) is 0 Å². The first-order chi connectivity index (χ1) is 10.8. The Labute approximate surface area is 140 Å². The van der Waals surface area contributed by atoms with Gasteiger partial charge in [0.05, 0.1) is 0 Å². The molecular weight excluding hydrogens is 292 g/mol. The molecule has 1 amide bonds. The number of rotatable bonds is 4. The molecule has 2 atom stereocenters. The molecule has 0 unspecified atom stereocenters. The highest BCUT2D eigenvalue weighted by Crippen LogP contribution is 2.29. The van der Waals surface area contributed by atoms with Crippen LogP contribution in [0.25, 0.3) is 0 Å². The third-order valence-electron chi connectivity index (χ3n) is 4.91. The third kappa shape index (κ3) is 6.68. The molecule has 2 aliphatic rings. The summed E-state index contributed by atoms with van der Waals surface area (Å²) in [6.07, 6.45) is 6.35. The van der Waals surface area contributed by atoms with Gasteiger partial charge in [-0.1, -0.05) is 6.92 Å². The van der Waals surface area contributed by atoms with Crippen molar-refractivity contribution in [2.24, 2.45) is 5.41 Å². The average molecular weight is 326 g/mol. The lowest BCUT2D eigenvalue weighted by molar-refractivity contribution is 0.0217. The van der Waals surface area contributed by atoms with Crippen LogP contribution in [0.1, 0.15) is 66.2 Å². The summed E-state index contributed by atoms with van der Waals surface area (Å²) >= 11 is 0. The summed E-state index contributed by atoms with van der Waals surface area (Å²) in [6, 6.07) is 0.710. The van der Waals surface area contributed by atoms with Gasteiger partial charge in [-0.2, -0.15) is 0 Å². The van der Waals surface area contributed by atoms with Gasteiger partial charge in [-0.25, -0.2) is 4.79 Å². The molecule has 23 heavy (non-hydrogen) atoms. The number of hydrogen-bond acceptors (Lipinski definition) is 4. The minimum atomic E-state index is -0.436. The van der Waals surface area contributed by atoms with E-state index in [1.807, 2.05) is 20.8 Å². The van der Waals surface area contributed by atoms with Crippen molar-refractivity contribution in [2.45, 2.75) is 83.9 Å². The molecule has 0 bridgehead atoms. The smallest absolute Gasteiger partial charge is 0.407 e. The Morgan fingerprint density at radius 1 is 1.22 bits per heavy atom. The van der Waals surface area contributed by atoms with Crippen LogP contribution in [0.3, 0.4) is 0 Å². The highest BCUT2D eigenvalue weighted by Gasteiger charge is 2.30. The van der Waals surface area contributed by atoms with Crippen LogP contribution in [0.2, 0.25) is 0 Å². The topological polar surface area (TPSA) is 59.6 Å². The van der Waals surface area contributed by atoms with E-state index in [1.165, 1.54) is 6.42 Å². The lowest BCUT2D eigenvalue weighted by Gasteiger charge is -2.37. The maximum absolute atomic E-state index is 11.9. The van der Waals surface area contributed by atoms with Gasteiger partial charge >= 0.3 is 6.09 Å². The van der Waals surface area contributed by atoms with Crippen molar-refractivity contribution in [3.05, 3.63) is 0 Å². The van der Waals surface area contributed by atoms with Gasteiger partial charge in [0, 0.05) is 31.8 Å². The van der Waals surface area contributed by atoms with E-state index in [0.717, 1.165) is 51.9 Å². The molecule has 1 aliphatic heterocycles. The van der Waals surface area contributed by atoms with Gasteiger partial charge in [-0.15, -0.1) is 0 Å². The Hall–Kier alpha value is -0.810. The van der Waals surface area contributed by atoms with Crippen molar-refractivity contribution in [1.29, 1.82) is 0 Å². The largest absolute Gasteiger partial charge is 0.444 e. The Balaban J connectivity index is 1.73. The minimum Gasteiger partial charge on any atom is -0.444 e. The summed E-state index contributed by atoms with van der Waals surface area (Å²) < 4.78 is 10.8. The fraction of sp³-hybridized carbons (Fsp3) is 0.944. The molecule has 0 spiro atoms. The molecule has 1 saturated carbocycles. The van der Waals surface area contributed by atoms with E-state index in [1.54, 1.807) is 0 Å². The Bertz CT molecular complexity index is 386. The number of alkyl carbamates (subject to hydrolysis) is 1. The number of carbonyl (C=O) groups excluding carboxylic acids is 1. The fourth-order valence-electron chi connectivity index (χ4n) is 3.41. The normalized spacial score (nSPS) is 28.2. The lowest BCUT2D eigenvalue weighted by atomic mass is 9.81. The molecule has 0 aromatic carbocycles. The molecular formula is C18H34N2O3. The monoisotopic (exact) mass is 326 g/mol. The molecule has 2 N–H and O–H groups in total. The first-order valence-corrected chi connectivity index (χ1v) is 9.06. The lowest BCUT2D eigenvalue weighted by Crippen LogP contribution is -2.48. The number of carbonyl (C=O) groups is 1. The summed E-state index contributed by atoms with van der Waals surface area (Å²) in [7, 11) is 0. The van der Waals surface area contributed by atoms with Crippen LogP contribution in [-0.4, -0.2) is 43.5 Å². The van der Waals surface area contributed by atoms with Crippen LogP contribution in [-0.2, 0) is 9.47 Å². The first kappa shape index (κ1) is 18.5. The number of amides is 1. The molecule has 2 rings (SSSR count). The Kier molecular flexibility index (Phi) is 6.32. The van der Waals surface area contributed by atoms with Crippen molar-refractivity contribution < 1.29 is 14.3 Å². The second-order valence-electron chi connectivity index (χ2n) is 8.51. The van der Waals surface area contributed by atoms with Crippen LogP contribution in [0, 0.1) is 5.41 Å². The van der Waals surface area contributed by atoms with E-state index in [4.69, 9.17) is 9.47 Å². The SMILES string of the molecule is CC1(CN[C@@H]2CCC[C@@H](NC(=O)OC(C)(C)C)C2)CCOCC1. The fourth-order valence-corrected chi connectivity index (χ4v) is 3.41. The van der Waals surface area contributed by atoms with Crippen LogP contribution < -0.4 is 10.6 Å². The third-order valence-corrected chi connectivity index (χ3v) is 4.91. The van der Waals surface area contributed by atoms with Crippen LogP contribution in [0.15, 0.2) is 0 Å². The van der Waals surface area contributed by atoms with Crippen LogP contribution in [0.4, 0.5) is 4.79 Å². The average Bonchev–Trinajstić information content (AvgIpc) is 2.44. The molecule has 5 nitrogen and oxygen atoms in total. The maximum Gasteiger partial charge on any atom is 0.407 e. The van der Waals surface area contributed by atoms with E-state index < -0.39 is 5.60 Å². The van der Waals surface area contributed by atoms with Gasteiger partial charge in [0.2, 0.25) is 0 Å². The van der Waals surface area contributed by atoms with Crippen LogP contribution >= 0.6 is 0 Å². The van der Waals surface area contributed by atoms with E-state index in [2.05, 4.69) is 17.6 Å². The zero-order valence-corrected chi connectivity index (χ0v) is 15.2. The molecule has 0 aromatic heterocycles.